The average Bonchev–Trinajstić information content (AvgIpc) is 2.25. The number of benzene rings is 1. The van der Waals surface area contributed by atoms with Crippen LogP contribution in [0.2, 0.25) is 0 Å². The quantitative estimate of drug-likeness (QED) is 0.818. The lowest BCUT2D eigenvalue weighted by molar-refractivity contribution is 0.171. The lowest BCUT2D eigenvalue weighted by Crippen LogP contribution is -2.51. The van der Waals surface area contributed by atoms with Gasteiger partial charge in [0.2, 0.25) is 0 Å². The smallest absolute Gasteiger partial charge is 0.183 e. The van der Waals surface area contributed by atoms with Crippen LogP contribution in [-0.4, -0.2) is 40.0 Å². The summed E-state index contributed by atoms with van der Waals surface area (Å²) in [5.74, 6) is 1.13. The van der Waals surface area contributed by atoms with Crippen molar-refractivity contribution in [2.45, 2.75) is 10.1 Å². The summed E-state index contributed by atoms with van der Waals surface area (Å²) in [5, 5.41) is 2.65. The maximum Gasteiger partial charge on any atom is 0.183 e. The van der Waals surface area contributed by atoms with Crippen LogP contribution in [0.5, 0.6) is 11.5 Å². The molecule has 3 rings (SSSR count). The molecule has 1 saturated heterocycles. The second-order valence-electron chi connectivity index (χ2n) is 4.13. The normalized spacial score (nSPS) is 19.8. The highest BCUT2D eigenvalue weighted by Gasteiger charge is 2.33. The third-order valence-electron chi connectivity index (χ3n) is 3.03. The van der Waals surface area contributed by atoms with E-state index in [9.17, 15) is 8.42 Å². The molecule has 0 aromatic heterocycles. The zero-order valence-electron chi connectivity index (χ0n) is 9.18. The number of hydrogen-bond donors (Lipinski definition) is 1. The Hall–Kier alpha value is -1.27. The number of fused-ring (bicyclic) bond motifs is 1. The predicted molar refractivity (Wildman–Crippen MR) is 61.3 cm³/mol. The van der Waals surface area contributed by atoms with Crippen LogP contribution < -0.4 is 14.8 Å². The molecule has 5 nitrogen and oxygen atoms in total. The lowest BCUT2D eigenvalue weighted by Gasteiger charge is -2.27. The van der Waals surface area contributed by atoms with Crippen LogP contribution in [-0.2, 0) is 9.84 Å². The molecule has 1 N–H and O–H groups in total. The molecule has 2 aliphatic rings. The summed E-state index contributed by atoms with van der Waals surface area (Å²) < 4.78 is 35.1. The highest BCUT2D eigenvalue weighted by molar-refractivity contribution is 7.92. The number of sulfone groups is 1. The maximum absolute atomic E-state index is 12.2. The van der Waals surface area contributed by atoms with Gasteiger partial charge in [0.05, 0.1) is 10.1 Å². The third kappa shape index (κ3) is 1.77. The first-order chi connectivity index (χ1) is 8.18. The van der Waals surface area contributed by atoms with E-state index in [-0.39, 0.29) is 5.25 Å². The molecule has 0 radical (unpaired) electrons. The van der Waals surface area contributed by atoms with Crippen molar-refractivity contribution in [1.82, 2.24) is 5.32 Å². The molecule has 17 heavy (non-hydrogen) atoms. The molecule has 1 fully saturated rings. The zero-order valence-corrected chi connectivity index (χ0v) is 10.00. The Labute approximate surface area is 99.6 Å². The molecule has 0 saturated carbocycles. The van der Waals surface area contributed by atoms with E-state index in [0.717, 1.165) is 0 Å². The molecule has 0 atom stereocenters. The van der Waals surface area contributed by atoms with Crippen molar-refractivity contribution in [3.8, 4) is 11.5 Å². The summed E-state index contributed by atoms with van der Waals surface area (Å²) in [6.07, 6.45) is 0. The number of rotatable bonds is 2. The first-order valence-electron chi connectivity index (χ1n) is 5.52. The van der Waals surface area contributed by atoms with E-state index in [1.807, 2.05) is 0 Å². The fourth-order valence-electron chi connectivity index (χ4n) is 1.87. The topological polar surface area (TPSA) is 64.6 Å². The summed E-state index contributed by atoms with van der Waals surface area (Å²) in [6, 6.07) is 4.80. The van der Waals surface area contributed by atoms with E-state index < -0.39 is 9.84 Å². The van der Waals surface area contributed by atoms with Gasteiger partial charge in [0.25, 0.3) is 0 Å². The van der Waals surface area contributed by atoms with Crippen molar-refractivity contribution in [3.63, 3.8) is 0 Å². The Balaban J connectivity index is 1.98. The molecule has 0 spiro atoms. The van der Waals surface area contributed by atoms with Crippen molar-refractivity contribution in [3.05, 3.63) is 18.2 Å². The second kappa shape index (κ2) is 3.89. The maximum atomic E-state index is 12.2. The minimum atomic E-state index is -3.23. The van der Waals surface area contributed by atoms with Crippen molar-refractivity contribution in [2.24, 2.45) is 0 Å². The van der Waals surface area contributed by atoms with E-state index in [0.29, 0.717) is 42.7 Å². The van der Waals surface area contributed by atoms with Gasteiger partial charge < -0.3 is 14.8 Å². The van der Waals surface area contributed by atoms with E-state index >= 15 is 0 Å². The average molecular weight is 255 g/mol. The molecule has 0 bridgehead atoms. The summed E-state index contributed by atoms with van der Waals surface area (Å²) in [7, 11) is -3.23. The molecular formula is C11H13NO4S. The summed E-state index contributed by atoms with van der Waals surface area (Å²) in [4.78, 5) is 0.313. The van der Waals surface area contributed by atoms with Gasteiger partial charge in [-0.25, -0.2) is 8.42 Å². The standard InChI is InChI=1S/C11H13NO4S/c13-17(14,9-6-12-7-9)8-1-2-10-11(5-8)16-4-3-15-10/h1-2,5,9,12H,3-4,6-7H2. The summed E-state index contributed by atoms with van der Waals surface area (Å²) >= 11 is 0. The Morgan fingerprint density at radius 2 is 1.82 bits per heavy atom. The Bertz CT molecular complexity index is 536. The van der Waals surface area contributed by atoms with Crippen molar-refractivity contribution >= 4 is 9.84 Å². The van der Waals surface area contributed by atoms with Gasteiger partial charge in [0.15, 0.2) is 21.3 Å². The van der Waals surface area contributed by atoms with Gasteiger partial charge in [-0.3, -0.25) is 0 Å². The molecule has 2 heterocycles. The number of hydrogen-bond acceptors (Lipinski definition) is 5. The first-order valence-corrected chi connectivity index (χ1v) is 7.07. The van der Waals surface area contributed by atoms with Gasteiger partial charge in [-0.1, -0.05) is 0 Å². The summed E-state index contributed by atoms with van der Waals surface area (Å²) in [6.45, 7) is 2.01. The van der Waals surface area contributed by atoms with Crippen LogP contribution in [0.25, 0.3) is 0 Å². The molecular weight excluding hydrogens is 242 g/mol. The Kier molecular flexibility index (Phi) is 2.48. The zero-order chi connectivity index (χ0) is 11.9. The highest BCUT2D eigenvalue weighted by Crippen LogP contribution is 2.33. The molecule has 1 aromatic carbocycles. The molecule has 1 aromatic rings. The fourth-order valence-corrected chi connectivity index (χ4v) is 3.46. The van der Waals surface area contributed by atoms with Crippen molar-refractivity contribution in [2.75, 3.05) is 26.3 Å². The Morgan fingerprint density at radius 3 is 2.47 bits per heavy atom. The minimum absolute atomic E-state index is 0.313. The molecule has 0 unspecified atom stereocenters. The SMILES string of the molecule is O=S(=O)(c1ccc2c(c1)OCCO2)C1CNC1. The van der Waals surface area contributed by atoms with Gasteiger partial charge in [0.1, 0.15) is 13.2 Å². The molecule has 0 aliphatic carbocycles. The molecule has 6 heteroatoms. The highest BCUT2D eigenvalue weighted by atomic mass is 32.2. The van der Waals surface area contributed by atoms with E-state index in [4.69, 9.17) is 9.47 Å². The van der Waals surface area contributed by atoms with Crippen LogP contribution >= 0.6 is 0 Å². The van der Waals surface area contributed by atoms with Crippen LogP contribution in [0, 0.1) is 0 Å². The Morgan fingerprint density at radius 1 is 1.12 bits per heavy atom. The van der Waals surface area contributed by atoms with Gasteiger partial charge in [-0.2, -0.15) is 0 Å². The first kappa shape index (κ1) is 10.9. The van der Waals surface area contributed by atoms with Crippen LogP contribution in [0.3, 0.4) is 0 Å². The van der Waals surface area contributed by atoms with E-state index in [2.05, 4.69) is 5.32 Å². The summed E-state index contributed by atoms with van der Waals surface area (Å²) in [5.41, 5.74) is 0. The van der Waals surface area contributed by atoms with E-state index in [1.54, 1.807) is 18.2 Å². The monoisotopic (exact) mass is 255 g/mol. The molecule has 2 aliphatic heterocycles. The predicted octanol–water partition coefficient (Wildman–Crippen LogP) is 0.203. The van der Waals surface area contributed by atoms with Crippen LogP contribution in [0.15, 0.2) is 23.1 Å². The van der Waals surface area contributed by atoms with Crippen LogP contribution in [0.1, 0.15) is 0 Å². The molecule has 0 amide bonds. The molecule has 92 valence electrons. The van der Waals surface area contributed by atoms with Gasteiger partial charge >= 0.3 is 0 Å². The van der Waals surface area contributed by atoms with Crippen molar-refractivity contribution in [1.29, 1.82) is 0 Å². The lowest BCUT2D eigenvalue weighted by atomic mass is 10.3. The minimum Gasteiger partial charge on any atom is -0.486 e. The number of nitrogens with one attached hydrogen (secondary N) is 1. The van der Waals surface area contributed by atoms with E-state index in [1.165, 1.54) is 0 Å². The van der Waals surface area contributed by atoms with Crippen LogP contribution in [0.4, 0.5) is 0 Å². The van der Waals surface area contributed by atoms with Crippen molar-refractivity contribution < 1.29 is 17.9 Å². The van der Waals surface area contributed by atoms with Gasteiger partial charge in [-0.05, 0) is 12.1 Å². The number of ether oxygens (including phenoxy) is 2. The third-order valence-corrected chi connectivity index (χ3v) is 5.15. The second-order valence-corrected chi connectivity index (χ2v) is 6.36. The van der Waals surface area contributed by atoms with Gasteiger partial charge in [0, 0.05) is 19.2 Å². The van der Waals surface area contributed by atoms with Gasteiger partial charge in [-0.15, -0.1) is 0 Å². The largest absolute Gasteiger partial charge is 0.486 e. The fraction of sp³-hybridized carbons (Fsp3) is 0.455.